The van der Waals surface area contributed by atoms with Gasteiger partial charge in [-0.05, 0) is 24.1 Å². The Bertz CT molecular complexity index is 515. The van der Waals surface area contributed by atoms with Gasteiger partial charge in [-0.15, -0.1) is 0 Å². The molecule has 0 saturated heterocycles. The van der Waals surface area contributed by atoms with Crippen LogP contribution in [0.5, 0.6) is 0 Å². The fourth-order valence-electron chi connectivity index (χ4n) is 1.43. The minimum absolute atomic E-state index is 0.277. The Balaban J connectivity index is 2.46. The van der Waals surface area contributed by atoms with Crippen LogP contribution in [0.4, 0.5) is 0 Å². The molecule has 20 heavy (non-hydrogen) atoms. The summed E-state index contributed by atoms with van der Waals surface area (Å²) in [6, 6.07) is 9.57. The van der Waals surface area contributed by atoms with E-state index in [0.29, 0.717) is 5.57 Å². The average molecular weight is 269 g/mol. The molecule has 0 aliphatic carbocycles. The molecule has 0 spiro atoms. The number of nitrogens with zero attached hydrogens (tertiary/aromatic N) is 1. The third-order valence-corrected chi connectivity index (χ3v) is 2.72. The summed E-state index contributed by atoms with van der Waals surface area (Å²) >= 11 is 0. The van der Waals surface area contributed by atoms with Gasteiger partial charge in [0.05, 0.1) is 5.92 Å². The van der Waals surface area contributed by atoms with Gasteiger partial charge in [-0.3, -0.25) is 9.79 Å². The molecule has 104 valence electrons. The van der Waals surface area contributed by atoms with E-state index in [2.05, 4.69) is 18.2 Å². The fourth-order valence-corrected chi connectivity index (χ4v) is 1.43. The average Bonchev–Trinajstić information content (AvgIpc) is 2.49. The molecule has 0 bridgehead atoms. The largest absolute Gasteiger partial charge is 0.460 e. The highest BCUT2D eigenvalue weighted by molar-refractivity contribution is 5.77. The normalized spacial score (nSPS) is 12.4. The van der Waals surface area contributed by atoms with E-state index < -0.39 is 0 Å². The lowest BCUT2D eigenvalue weighted by Crippen LogP contribution is -2.15. The van der Waals surface area contributed by atoms with Crippen LogP contribution in [0.2, 0.25) is 0 Å². The summed E-state index contributed by atoms with van der Waals surface area (Å²) in [6.45, 7) is 9.36. The number of rotatable bonds is 7. The van der Waals surface area contributed by atoms with Crippen LogP contribution in [0.25, 0.3) is 0 Å². The molecular weight excluding hydrogens is 250 g/mol. The fraction of sp³-hybridized carbons (Fsp3) is 0.176. The maximum Gasteiger partial charge on any atom is 0.313 e. The summed E-state index contributed by atoms with van der Waals surface area (Å²) in [5.74, 6) is -0.670. The highest BCUT2D eigenvalue weighted by atomic mass is 16.5. The first-order valence-electron chi connectivity index (χ1n) is 6.35. The number of hydrogen-bond donors (Lipinski definition) is 0. The summed E-state index contributed by atoms with van der Waals surface area (Å²) in [4.78, 5) is 15.7. The van der Waals surface area contributed by atoms with Gasteiger partial charge < -0.3 is 4.74 Å². The number of ether oxygens (including phenoxy) is 1. The zero-order valence-electron chi connectivity index (χ0n) is 11.7. The van der Waals surface area contributed by atoms with E-state index in [0.717, 1.165) is 5.56 Å². The van der Waals surface area contributed by atoms with Gasteiger partial charge in [-0.2, -0.15) is 0 Å². The van der Waals surface area contributed by atoms with Crippen molar-refractivity contribution in [3.8, 4) is 0 Å². The molecule has 1 unspecified atom stereocenters. The Hall–Kier alpha value is -2.42. The SMILES string of the molecule is C=C/N=C/C=C\C(=C)C(C)C(=O)OCc1ccccc1. The van der Waals surface area contributed by atoms with Crippen molar-refractivity contribution in [1.29, 1.82) is 0 Å². The molecule has 0 aromatic heterocycles. The van der Waals surface area contributed by atoms with E-state index in [1.807, 2.05) is 30.3 Å². The molecule has 3 heteroatoms. The molecule has 0 fully saturated rings. The lowest BCUT2D eigenvalue weighted by Gasteiger charge is -2.11. The van der Waals surface area contributed by atoms with Gasteiger partial charge >= 0.3 is 5.97 Å². The molecule has 0 aliphatic heterocycles. The summed E-state index contributed by atoms with van der Waals surface area (Å²) in [5.41, 5.74) is 1.64. The van der Waals surface area contributed by atoms with Gasteiger partial charge in [-0.25, -0.2) is 0 Å². The molecule has 1 rings (SSSR count). The van der Waals surface area contributed by atoms with Gasteiger partial charge in [0.2, 0.25) is 0 Å². The van der Waals surface area contributed by atoms with E-state index >= 15 is 0 Å². The van der Waals surface area contributed by atoms with Crippen molar-refractivity contribution in [3.63, 3.8) is 0 Å². The van der Waals surface area contributed by atoms with Crippen LogP contribution in [0, 0.1) is 5.92 Å². The third kappa shape index (κ3) is 5.48. The van der Waals surface area contributed by atoms with E-state index in [4.69, 9.17) is 4.74 Å². The van der Waals surface area contributed by atoms with Gasteiger partial charge in [0.15, 0.2) is 0 Å². The highest BCUT2D eigenvalue weighted by Crippen LogP contribution is 2.13. The maximum absolute atomic E-state index is 11.9. The smallest absolute Gasteiger partial charge is 0.313 e. The molecule has 1 aromatic carbocycles. The number of carbonyl (C=O) groups excluding carboxylic acids is 1. The number of carbonyl (C=O) groups is 1. The number of esters is 1. The van der Waals surface area contributed by atoms with Crippen molar-refractivity contribution in [3.05, 3.63) is 73.0 Å². The maximum atomic E-state index is 11.9. The Morgan fingerprint density at radius 1 is 1.40 bits per heavy atom. The molecular formula is C17H19NO2. The van der Waals surface area contributed by atoms with Crippen LogP contribution in [-0.2, 0) is 16.1 Å². The molecule has 3 nitrogen and oxygen atoms in total. The zero-order chi connectivity index (χ0) is 14.8. The van der Waals surface area contributed by atoms with Crippen LogP contribution in [0.15, 0.2) is 72.4 Å². The van der Waals surface area contributed by atoms with Gasteiger partial charge in [0.1, 0.15) is 6.61 Å². The Morgan fingerprint density at radius 2 is 2.10 bits per heavy atom. The van der Waals surface area contributed by atoms with E-state index in [-0.39, 0.29) is 18.5 Å². The van der Waals surface area contributed by atoms with Crippen molar-refractivity contribution < 1.29 is 9.53 Å². The first-order valence-corrected chi connectivity index (χ1v) is 6.35. The van der Waals surface area contributed by atoms with Crippen molar-refractivity contribution in [1.82, 2.24) is 0 Å². The van der Waals surface area contributed by atoms with Crippen LogP contribution in [-0.4, -0.2) is 12.2 Å². The van der Waals surface area contributed by atoms with Crippen molar-refractivity contribution >= 4 is 12.2 Å². The summed E-state index contributed by atoms with van der Waals surface area (Å²) in [5, 5.41) is 0. The minimum atomic E-state index is -0.382. The van der Waals surface area contributed by atoms with Crippen LogP contribution in [0.3, 0.4) is 0 Å². The second kappa shape index (κ2) is 8.64. The van der Waals surface area contributed by atoms with Gasteiger partial charge in [0.25, 0.3) is 0 Å². The van der Waals surface area contributed by atoms with Crippen LogP contribution >= 0.6 is 0 Å². The zero-order valence-corrected chi connectivity index (χ0v) is 11.7. The molecule has 0 amide bonds. The van der Waals surface area contributed by atoms with Gasteiger partial charge in [-0.1, -0.05) is 49.6 Å². The van der Waals surface area contributed by atoms with Crippen LogP contribution in [0.1, 0.15) is 12.5 Å². The topological polar surface area (TPSA) is 38.7 Å². The Labute approximate surface area is 120 Å². The number of aliphatic imine (C=N–C) groups is 1. The molecule has 0 N–H and O–H groups in total. The second-order valence-electron chi connectivity index (χ2n) is 4.23. The molecule has 1 atom stereocenters. The van der Waals surface area contributed by atoms with Crippen molar-refractivity contribution in [2.24, 2.45) is 10.9 Å². The van der Waals surface area contributed by atoms with E-state index in [9.17, 15) is 4.79 Å². The lowest BCUT2D eigenvalue weighted by atomic mass is 10.0. The van der Waals surface area contributed by atoms with E-state index in [1.54, 1.807) is 25.3 Å². The first kappa shape index (κ1) is 15.6. The number of benzene rings is 1. The highest BCUT2D eigenvalue weighted by Gasteiger charge is 2.15. The first-order chi connectivity index (χ1) is 9.65. The molecule has 0 radical (unpaired) electrons. The van der Waals surface area contributed by atoms with Crippen LogP contribution < -0.4 is 0 Å². The van der Waals surface area contributed by atoms with Crippen molar-refractivity contribution in [2.75, 3.05) is 0 Å². The van der Waals surface area contributed by atoms with Gasteiger partial charge in [0, 0.05) is 12.4 Å². The molecule has 1 aromatic rings. The molecule has 0 aliphatic rings. The summed E-state index contributed by atoms with van der Waals surface area (Å²) in [7, 11) is 0. The quantitative estimate of drug-likeness (QED) is 0.430. The van der Waals surface area contributed by atoms with Crippen molar-refractivity contribution in [2.45, 2.75) is 13.5 Å². The standard InChI is InChI=1S/C17H19NO2/c1-4-18-12-8-9-14(2)15(3)17(19)20-13-16-10-6-5-7-11-16/h4-12,15H,1-2,13H2,3H3/b9-8-,18-12+. The predicted molar refractivity (Wildman–Crippen MR) is 82.4 cm³/mol. The monoisotopic (exact) mass is 269 g/mol. The lowest BCUT2D eigenvalue weighted by molar-refractivity contribution is -0.147. The number of hydrogen-bond acceptors (Lipinski definition) is 3. The predicted octanol–water partition coefficient (Wildman–Crippen LogP) is 3.69. The van der Waals surface area contributed by atoms with E-state index in [1.165, 1.54) is 6.20 Å². The molecule has 0 saturated carbocycles. The third-order valence-electron chi connectivity index (χ3n) is 2.72. The summed E-state index contributed by atoms with van der Waals surface area (Å²) < 4.78 is 5.25. The number of allylic oxidation sites excluding steroid dienone is 2. The summed E-state index contributed by atoms with van der Waals surface area (Å²) in [6.07, 6.45) is 6.47. The molecule has 0 heterocycles. The Morgan fingerprint density at radius 3 is 2.75 bits per heavy atom. The second-order valence-corrected chi connectivity index (χ2v) is 4.23. The Kier molecular flexibility index (Phi) is 6.76. The minimum Gasteiger partial charge on any atom is -0.460 e.